The SMILES string of the molecule is CCNC(Cc1nc(C)cs1)c1ccccc1OC. The Morgan fingerprint density at radius 3 is 2.79 bits per heavy atom. The molecule has 1 atom stereocenters. The van der Waals surface area contributed by atoms with Crippen LogP contribution in [0.2, 0.25) is 0 Å². The molecule has 0 saturated carbocycles. The quantitative estimate of drug-likeness (QED) is 0.878. The third kappa shape index (κ3) is 3.55. The average Bonchev–Trinajstić information content (AvgIpc) is 2.84. The Morgan fingerprint density at radius 2 is 2.16 bits per heavy atom. The minimum atomic E-state index is 0.242. The number of hydrogen-bond donors (Lipinski definition) is 1. The molecule has 0 aliphatic carbocycles. The number of benzene rings is 1. The summed E-state index contributed by atoms with van der Waals surface area (Å²) in [5.74, 6) is 0.932. The topological polar surface area (TPSA) is 34.2 Å². The number of aryl methyl sites for hydroxylation is 1. The molecule has 3 nitrogen and oxygen atoms in total. The largest absolute Gasteiger partial charge is 0.496 e. The first-order valence-corrected chi connectivity index (χ1v) is 7.39. The summed E-state index contributed by atoms with van der Waals surface area (Å²) in [6, 6.07) is 8.42. The predicted molar refractivity (Wildman–Crippen MR) is 80.0 cm³/mol. The molecule has 0 aliphatic heterocycles. The zero-order valence-corrected chi connectivity index (χ0v) is 12.5. The molecule has 0 radical (unpaired) electrons. The van der Waals surface area contributed by atoms with Crippen molar-refractivity contribution in [2.24, 2.45) is 0 Å². The molecule has 1 heterocycles. The lowest BCUT2D eigenvalue weighted by Gasteiger charge is -2.19. The Hall–Kier alpha value is -1.39. The van der Waals surface area contributed by atoms with Gasteiger partial charge in [0, 0.05) is 29.1 Å². The summed E-state index contributed by atoms with van der Waals surface area (Å²) in [6.07, 6.45) is 0.896. The molecule has 19 heavy (non-hydrogen) atoms. The number of ether oxygens (including phenoxy) is 1. The highest BCUT2D eigenvalue weighted by atomic mass is 32.1. The molecule has 0 aliphatic rings. The molecule has 1 unspecified atom stereocenters. The van der Waals surface area contributed by atoms with E-state index in [0.29, 0.717) is 0 Å². The van der Waals surface area contributed by atoms with Crippen LogP contribution in [0, 0.1) is 6.92 Å². The van der Waals surface area contributed by atoms with Crippen molar-refractivity contribution < 1.29 is 4.74 Å². The fourth-order valence-electron chi connectivity index (χ4n) is 2.16. The Morgan fingerprint density at radius 1 is 1.37 bits per heavy atom. The van der Waals surface area contributed by atoms with Gasteiger partial charge in [0.25, 0.3) is 0 Å². The second-order valence-electron chi connectivity index (χ2n) is 4.44. The van der Waals surface area contributed by atoms with Crippen LogP contribution in [0.15, 0.2) is 29.6 Å². The monoisotopic (exact) mass is 276 g/mol. The second kappa shape index (κ2) is 6.68. The molecule has 1 N–H and O–H groups in total. The first kappa shape index (κ1) is 14.0. The summed E-state index contributed by atoms with van der Waals surface area (Å²) >= 11 is 1.72. The van der Waals surface area contributed by atoms with E-state index in [0.717, 1.165) is 29.4 Å². The highest BCUT2D eigenvalue weighted by Gasteiger charge is 2.16. The number of methoxy groups -OCH3 is 1. The van der Waals surface area contributed by atoms with Crippen molar-refractivity contribution in [2.45, 2.75) is 26.3 Å². The van der Waals surface area contributed by atoms with Crippen LogP contribution in [0.4, 0.5) is 0 Å². The van der Waals surface area contributed by atoms with E-state index in [1.165, 1.54) is 5.56 Å². The maximum Gasteiger partial charge on any atom is 0.123 e. The van der Waals surface area contributed by atoms with Crippen molar-refractivity contribution >= 4 is 11.3 Å². The van der Waals surface area contributed by atoms with Crippen molar-refractivity contribution in [1.29, 1.82) is 0 Å². The zero-order chi connectivity index (χ0) is 13.7. The standard InChI is InChI=1S/C15H20N2OS/c1-4-16-13(9-15-17-11(2)10-19-15)12-7-5-6-8-14(12)18-3/h5-8,10,13,16H,4,9H2,1-3H3. The molecule has 0 saturated heterocycles. The summed E-state index contributed by atoms with van der Waals surface area (Å²) in [4.78, 5) is 4.55. The van der Waals surface area contributed by atoms with Crippen LogP contribution in [-0.4, -0.2) is 18.6 Å². The third-order valence-corrected chi connectivity index (χ3v) is 4.00. The normalized spacial score (nSPS) is 12.4. The van der Waals surface area contributed by atoms with Gasteiger partial charge in [0.2, 0.25) is 0 Å². The van der Waals surface area contributed by atoms with Gasteiger partial charge in [-0.15, -0.1) is 11.3 Å². The lowest BCUT2D eigenvalue weighted by Crippen LogP contribution is -2.23. The van der Waals surface area contributed by atoms with Crippen LogP contribution < -0.4 is 10.1 Å². The van der Waals surface area contributed by atoms with Gasteiger partial charge in [-0.2, -0.15) is 0 Å². The molecule has 102 valence electrons. The lowest BCUT2D eigenvalue weighted by atomic mass is 10.0. The molecule has 0 spiro atoms. The van der Waals surface area contributed by atoms with Crippen LogP contribution in [0.25, 0.3) is 0 Å². The van der Waals surface area contributed by atoms with E-state index in [1.807, 2.05) is 19.1 Å². The average molecular weight is 276 g/mol. The predicted octanol–water partition coefficient (Wildman–Crippen LogP) is 3.35. The van der Waals surface area contributed by atoms with Crippen LogP contribution in [-0.2, 0) is 6.42 Å². The van der Waals surface area contributed by atoms with Gasteiger partial charge in [-0.3, -0.25) is 0 Å². The smallest absolute Gasteiger partial charge is 0.123 e. The summed E-state index contributed by atoms with van der Waals surface area (Å²) in [6.45, 7) is 5.08. The number of rotatable bonds is 6. The highest BCUT2D eigenvalue weighted by molar-refractivity contribution is 7.09. The molecule has 0 amide bonds. The van der Waals surface area contributed by atoms with Gasteiger partial charge in [0.1, 0.15) is 5.75 Å². The first-order valence-electron chi connectivity index (χ1n) is 6.52. The van der Waals surface area contributed by atoms with E-state index in [2.05, 4.69) is 34.7 Å². The van der Waals surface area contributed by atoms with E-state index >= 15 is 0 Å². The Balaban J connectivity index is 2.23. The Labute approximate surface area is 118 Å². The molecule has 4 heteroatoms. The van der Waals surface area contributed by atoms with Crippen LogP contribution in [0.5, 0.6) is 5.75 Å². The number of nitrogens with one attached hydrogen (secondary N) is 1. The fourth-order valence-corrected chi connectivity index (χ4v) is 2.98. The number of para-hydroxylation sites is 1. The van der Waals surface area contributed by atoms with Crippen LogP contribution in [0.1, 0.15) is 29.2 Å². The van der Waals surface area contributed by atoms with Gasteiger partial charge < -0.3 is 10.1 Å². The maximum absolute atomic E-state index is 5.46. The summed E-state index contributed by atoms with van der Waals surface area (Å²) in [5, 5.41) is 6.78. The van der Waals surface area contributed by atoms with Crippen molar-refractivity contribution in [3.05, 3.63) is 45.9 Å². The Bertz CT molecular complexity index is 524. The molecule has 1 aromatic carbocycles. The number of hydrogen-bond acceptors (Lipinski definition) is 4. The van der Waals surface area contributed by atoms with Crippen LogP contribution >= 0.6 is 11.3 Å². The van der Waals surface area contributed by atoms with Gasteiger partial charge in [-0.25, -0.2) is 4.98 Å². The Kier molecular flexibility index (Phi) is 4.93. The highest BCUT2D eigenvalue weighted by Crippen LogP contribution is 2.28. The van der Waals surface area contributed by atoms with E-state index in [1.54, 1.807) is 18.4 Å². The molecular weight excluding hydrogens is 256 g/mol. The van der Waals surface area contributed by atoms with Gasteiger partial charge in [-0.05, 0) is 19.5 Å². The number of aromatic nitrogens is 1. The molecule has 0 fully saturated rings. The van der Waals surface area contributed by atoms with Crippen molar-refractivity contribution in [1.82, 2.24) is 10.3 Å². The van der Waals surface area contributed by atoms with Gasteiger partial charge in [0.15, 0.2) is 0 Å². The molecule has 1 aromatic heterocycles. The molecule has 0 bridgehead atoms. The van der Waals surface area contributed by atoms with Crippen molar-refractivity contribution in [3.8, 4) is 5.75 Å². The van der Waals surface area contributed by atoms with Crippen LogP contribution in [0.3, 0.4) is 0 Å². The zero-order valence-electron chi connectivity index (χ0n) is 11.6. The van der Waals surface area contributed by atoms with Gasteiger partial charge in [-0.1, -0.05) is 25.1 Å². The molecule has 2 rings (SSSR count). The fraction of sp³-hybridized carbons (Fsp3) is 0.400. The number of thiazole rings is 1. The van der Waals surface area contributed by atoms with E-state index in [9.17, 15) is 0 Å². The molecule has 2 aromatic rings. The number of likely N-dealkylation sites (N-methyl/N-ethyl adjacent to an activating group) is 1. The van der Waals surface area contributed by atoms with E-state index in [-0.39, 0.29) is 6.04 Å². The first-order chi connectivity index (χ1) is 9.24. The third-order valence-electron chi connectivity index (χ3n) is 3.01. The van der Waals surface area contributed by atoms with Crippen molar-refractivity contribution in [2.75, 3.05) is 13.7 Å². The second-order valence-corrected chi connectivity index (χ2v) is 5.38. The summed E-state index contributed by atoms with van der Waals surface area (Å²) in [7, 11) is 1.72. The number of nitrogens with zero attached hydrogens (tertiary/aromatic N) is 1. The summed E-state index contributed by atoms with van der Waals surface area (Å²) in [5.41, 5.74) is 2.29. The van der Waals surface area contributed by atoms with E-state index < -0.39 is 0 Å². The summed E-state index contributed by atoms with van der Waals surface area (Å²) < 4.78 is 5.46. The van der Waals surface area contributed by atoms with Gasteiger partial charge in [0.05, 0.1) is 12.1 Å². The van der Waals surface area contributed by atoms with E-state index in [4.69, 9.17) is 4.74 Å². The maximum atomic E-state index is 5.46. The minimum absolute atomic E-state index is 0.242. The lowest BCUT2D eigenvalue weighted by molar-refractivity contribution is 0.399. The molecular formula is C15H20N2OS. The van der Waals surface area contributed by atoms with Crippen molar-refractivity contribution in [3.63, 3.8) is 0 Å². The van der Waals surface area contributed by atoms with Gasteiger partial charge >= 0.3 is 0 Å². The minimum Gasteiger partial charge on any atom is -0.496 e.